The van der Waals surface area contributed by atoms with Gasteiger partial charge in [0.2, 0.25) is 24.6 Å². The number of aromatic nitrogens is 3. The van der Waals surface area contributed by atoms with Crippen LogP contribution in [0.5, 0.6) is 11.5 Å². The molecule has 31 heavy (non-hydrogen) atoms. The molecule has 0 saturated heterocycles. The largest absolute Gasteiger partial charge is 0.454 e. The van der Waals surface area contributed by atoms with Crippen LogP contribution in [0.2, 0.25) is 0 Å². The van der Waals surface area contributed by atoms with E-state index in [4.69, 9.17) is 24.7 Å². The van der Waals surface area contributed by atoms with Gasteiger partial charge in [-0.2, -0.15) is 15.0 Å². The fraction of sp³-hybridized carbons (Fsp3) is 0.450. The molecule has 1 aromatic carbocycles. The second-order valence-corrected chi connectivity index (χ2v) is 6.46. The minimum absolute atomic E-state index is 0.248. The number of anilines is 3. The Kier molecular flexibility index (Phi) is 9.10. The highest BCUT2D eigenvalue weighted by Crippen LogP contribution is 2.32. The molecule has 0 amide bonds. The van der Waals surface area contributed by atoms with Crippen molar-refractivity contribution in [1.82, 2.24) is 15.0 Å². The highest BCUT2D eigenvalue weighted by molar-refractivity contribution is 5.46. The second kappa shape index (κ2) is 12.5. The minimum atomic E-state index is 0.248. The van der Waals surface area contributed by atoms with Crippen LogP contribution in [0, 0.1) is 0 Å². The molecule has 2 aromatic rings. The Morgan fingerprint density at radius 3 is 2.42 bits per heavy atom. The van der Waals surface area contributed by atoms with Crippen molar-refractivity contribution < 1.29 is 18.9 Å². The van der Waals surface area contributed by atoms with Crippen LogP contribution in [-0.2, 0) is 16.0 Å². The van der Waals surface area contributed by atoms with Gasteiger partial charge in [0.15, 0.2) is 11.5 Å². The van der Waals surface area contributed by atoms with E-state index in [1.54, 1.807) is 6.08 Å². The van der Waals surface area contributed by atoms with Gasteiger partial charge in [-0.05, 0) is 17.7 Å². The lowest BCUT2D eigenvalue weighted by molar-refractivity contribution is 0.0547. The number of rotatable bonds is 15. The minimum Gasteiger partial charge on any atom is -0.454 e. The standard InChI is InChI=1S/C20H29N7O4/c1-2-6-22-18-25-19(23-7-9-29-11-10-28-8-5-21)27-20(26-18)24-13-15-3-4-16-17(12-15)31-14-30-16/h2-4,12H,1,5-11,13-14,21H2,(H3,22,23,24,25,26,27). The summed E-state index contributed by atoms with van der Waals surface area (Å²) >= 11 is 0. The highest BCUT2D eigenvalue weighted by atomic mass is 16.7. The van der Waals surface area contributed by atoms with Crippen LogP contribution in [0.4, 0.5) is 17.8 Å². The van der Waals surface area contributed by atoms with Gasteiger partial charge in [-0.1, -0.05) is 12.1 Å². The summed E-state index contributed by atoms with van der Waals surface area (Å²) in [5, 5.41) is 9.45. The molecule has 0 radical (unpaired) electrons. The molecule has 1 aromatic heterocycles. The van der Waals surface area contributed by atoms with Gasteiger partial charge in [0.1, 0.15) is 0 Å². The second-order valence-electron chi connectivity index (χ2n) is 6.46. The Labute approximate surface area is 181 Å². The first-order valence-electron chi connectivity index (χ1n) is 10.1. The van der Waals surface area contributed by atoms with E-state index >= 15 is 0 Å². The maximum atomic E-state index is 5.50. The van der Waals surface area contributed by atoms with Crippen molar-refractivity contribution in [2.24, 2.45) is 5.73 Å². The fourth-order valence-corrected chi connectivity index (χ4v) is 2.65. The third-order valence-electron chi connectivity index (χ3n) is 4.09. The first-order chi connectivity index (χ1) is 15.3. The highest BCUT2D eigenvalue weighted by Gasteiger charge is 2.13. The zero-order chi connectivity index (χ0) is 21.7. The smallest absolute Gasteiger partial charge is 0.231 e. The lowest BCUT2D eigenvalue weighted by Crippen LogP contribution is -2.17. The molecule has 5 N–H and O–H groups in total. The fourth-order valence-electron chi connectivity index (χ4n) is 2.65. The van der Waals surface area contributed by atoms with Crippen molar-refractivity contribution in [3.8, 4) is 11.5 Å². The lowest BCUT2D eigenvalue weighted by atomic mass is 10.2. The maximum absolute atomic E-state index is 5.50. The van der Waals surface area contributed by atoms with Gasteiger partial charge in [0.05, 0.1) is 26.4 Å². The summed E-state index contributed by atoms with van der Waals surface area (Å²) in [6, 6.07) is 5.78. The molecular formula is C20H29N7O4. The van der Waals surface area contributed by atoms with E-state index in [1.165, 1.54) is 0 Å². The number of nitrogens with one attached hydrogen (secondary N) is 3. The SMILES string of the molecule is C=CCNc1nc(NCCOCCOCCN)nc(NCc2ccc3c(c2)OCO3)n1. The molecule has 3 rings (SSSR count). The number of fused-ring (bicyclic) bond motifs is 1. The predicted octanol–water partition coefficient (Wildman–Crippen LogP) is 1.21. The Bertz CT molecular complexity index is 837. The van der Waals surface area contributed by atoms with Crippen LogP contribution in [0.15, 0.2) is 30.9 Å². The van der Waals surface area contributed by atoms with Crippen molar-refractivity contribution in [2.75, 3.05) is 68.8 Å². The molecule has 0 fully saturated rings. The van der Waals surface area contributed by atoms with Crippen molar-refractivity contribution in [3.63, 3.8) is 0 Å². The van der Waals surface area contributed by atoms with Gasteiger partial charge in [-0.25, -0.2) is 0 Å². The molecule has 1 aliphatic rings. The number of hydrogen-bond acceptors (Lipinski definition) is 11. The van der Waals surface area contributed by atoms with Crippen molar-refractivity contribution in [1.29, 1.82) is 0 Å². The monoisotopic (exact) mass is 431 g/mol. The summed E-state index contributed by atoms with van der Waals surface area (Å²) in [5.74, 6) is 2.82. The molecule has 0 saturated carbocycles. The molecule has 11 heteroatoms. The molecule has 11 nitrogen and oxygen atoms in total. The third-order valence-corrected chi connectivity index (χ3v) is 4.09. The Morgan fingerprint density at radius 2 is 1.65 bits per heavy atom. The van der Waals surface area contributed by atoms with E-state index in [-0.39, 0.29) is 6.79 Å². The first-order valence-corrected chi connectivity index (χ1v) is 10.1. The number of nitrogens with zero attached hydrogens (tertiary/aromatic N) is 3. The summed E-state index contributed by atoms with van der Waals surface area (Å²) < 4.78 is 21.5. The molecule has 0 atom stereocenters. The summed E-state index contributed by atoms with van der Waals surface area (Å²) in [6.45, 7) is 8.12. The van der Waals surface area contributed by atoms with Crippen LogP contribution in [-0.4, -0.2) is 67.8 Å². The number of hydrogen-bond donors (Lipinski definition) is 4. The predicted molar refractivity (Wildman–Crippen MR) is 118 cm³/mol. The van der Waals surface area contributed by atoms with Gasteiger partial charge < -0.3 is 40.6 Å². The van der Waals surface area contributed by atoms with Crippen LogP contribution >= 0.6 is 0 Å². The zero-order valence-electron chi connectivity index (χ0n) is 17.4. The molecule has 0 unspecified atom stereocenters. The van der Waals surface area contributed by atoms with Crippen LogP contribution in [0.25, 0.3) is 0 Å². The van der Waals surface area contributed by atoms with Gasteiger partial charge in [0, 0.05) is 26.2 Å². The average Bonchev–Trinajstić information content (AvgIpc) is 3.26. The van der Waals surface area contributed by atoms with E-state index in [2.05, 4.69) is 37.5 Å². The van der Waals surface area contributed by atoms with E-state index in [9.17, 15) is 0 Å². The molecule has 1 aliphatic heterocycles. The van der Waals surface area contributed by atoms with Crippen molar-refractivity contribution >= 4 is 17.8 Å². The van der Waals surface area contributed by atoms with E-state index in [1.807, 2.05) is 18.2 Å². The molecule has 2 heterocycles. The van der Waals surface area contributed by atoms with Gasteiger partial charge >= 0.3 is 0 Å². The zero-order valence-corrected chi connectivity index (χ0v) is 17.4. The van der Waals surface area contributed by atoms with Gasteiger partial charge in [0.25, 0.3) is 0 Å². The van der Waals surface area contributed by atoms with E-state index in [0.29, 0.717) is 70.5 Å². The third kappa shape index (κ3) is 7.55. The molecule has 0 spiro atoms. The lowest BCUT2D eigenvalue weighted by Gasteiger charge is -2.11. The average molecular weight is 431 g/mol. The van der Waals surface area contributed by atoms with E-state index < -0.39 is 0 Å². The van der Waals surface area contributed by atoms with Crippen LogP contribution in [0.3, 0.4) is 0 Å². The quantitative estimate of drug-likeness (QED) is 0.239. The molecule has 0 bridgehead atoms. The van der Waals surface area contributed by atoms with Gasteiger partial charge in [-0.15, -0.1) is 6.58 Å². The summed E-state index contributed by atoms with van der Waals surface area (Å²) in [5.41, 5.74) is 6.38. The molecule has 168 valence electrons. The van der Waals surface area contributed by atoms with Crippen molar-refractivity contribution in [3.05, 3.63) is 36.4 Å². The van der Waals surface area contributed by atoms with Crippen LogP contribution in [0.1, 0.15) is 5.56 Å². The number of benzene rings is 1. The molecular weight excluding hydrogens is 402 g/mol. The maximum Gasteiger partial charge on any atom is 0.231 e. The summed E-state index contributed by atoms with van der Waals surface area (Å²) in [4.78, 5) is 13.2. The van der Waals surface area contributed by atoms with Gasteiger partial charge in [-0.3, -0.25) is 0 Å². The topological polar surface area (TPSA) is 138 Å². The summed E-state index contributed by atoms with van der Waals surface area (Å²) in [7, 11) is 0. The van der Waals surface area contributed by atoms with E-state index in [0.717, 1.165) is 17.1 Å². The van der Waals surface area contributed by atoms with Crippen molar-refractivity contribution in [2.45, 2.75) is 6.54 Å². The Hall–Kier alpha value is -3.15. The number of ether oxygens (including phenoxy) is 4. The normalized spacial score (nSPS) is 11.9. The van der Waals surface area contributed by atoms with Crippen LogP contribution < -0.4 is 31.2 Å². The summed E-state index contributed by atoms with van der Waals surface area (Å²) in [6.07, 6.45) is 1.73. The Balaban J connectivity index is 1.52. The molecule has 0 aliphatic carbocycles. The number of nitrogens with two attached hydrogens (primary N) is 1. The Morgan fingerprint density at radius 1 is 0.935 bits per heavy atom. The first kappa shape index (κ1) is 22.5.